The van der Waals surface area contributed by atoms with Gasteiger partial charge < -0.3 is 4.57 Å². The van der Waals surface area contributed by atoms with Gasteiger partial charge in [-0.15, -0.1) is 11.6 Å². The molecule has 108 valence electrons. The van der Waals surface area contributed by atoms with Gasteiger partial charge in [0.2, 0.25) is 0 Å². The van der Waals surface area contributed by atoms with Crippen LogP contribution in [0.2, 0.25) is 5.02 Å². The summed E-state index contributed by atoms with van der Waals surface area (Å²) < 4.78 is 15.6. The number of aryl methyl sites for hydroxylation is 1. The van der Waals surface area contributed by atoms with Gasteiger partial charge in [-0.05, 0) is 24.6 Å². The molecule has 6 heteroatoms. The number of nitrogens with zero attached hydrogens (tertiary/aromatic N) is 3. The zero-order valence-corrected chi connectivity index (χ0v) is 12.8. The summed E-state index contributed by atoms with van der Waals surface area (Å²) in [6, 6.07) is 6.77. The number of aromatic nitrogens is 3. The van der Waals surface area contributed by atoms with Crippen molar-refractivity contribution in [1.82, 2.24) is 14.5 Å². The molecule has 0 atom stereocenters. The molecule has 0 aliphatic rings. The minimum absolute atomic E-state index is 0.0577. The fraction of sp³-hybridized carbons (Fsp3) is 0.200. The summed E-state index contributed by atoms with van der Waals surface area (Å²) in [4.78, 5) is 8.77. The standard InChI is InChI=1S/C15H12Cl2FN3/c1-9-3-2-4-19-13(9)8-21-14-6-11(18)10(17)5-12(14)20-15(21)7-16/h2-6H,7-8H2,1H3. The van der Waals surface area contributed by atoms with Gasteiger partial charge in [-0.2, -0.15) is 0 Å². The summed E-state index contributed by atoms with van der Waals surface area (Å²) >= 11 is 11.8. The van der Waals surface area contributed by atoms with Crippen LogP contribution in [0.25, 0.3) is 11.0 Å². The van der Waals surface area contributed by atoms with Crippen molar-refractivity contribution in [1.29, 1.82) is 0 Å². The molecule has 3 aromatic rings. The quantitative estimate of drug-likeness (QED) is 0.672. The van der Waals surface area contributed by atoms with Crippen LogP contribution in [0.15, 0.2) is 30.5 Å². The van der Waals surface area contributed by atoms with Gasteiger partial charge in [0, 0.05) is 12.3 Å². The molecule has 3 rings (SSSR count). The van der Waals surface area contributed by atoms with Gasteiger partial charge in [0.25, 0.3) is 0 Å². The number of alkyl halides is 1. The second-order valence-electron chi connectivity index (χ2n) is 4.77. The minimum Gasteiger partial charge on any atom is -0.321 e. The van der Waals surface area contributed by atoms with Crippen LogP contribution in [-0.4, -0.2) is 14.5 Å². The second kappa shape index (κ2) is 5.62. The van der Waals surface area contributed by atoms with Crippen molar-refractivity contribution in [2.75, 3.05) is 0 Å². The van der Waals surface area contributed by atoms with Gasteiger partial charge in [-0.25, -0.2) is 9.37 Å². The number of hydrogen-bond acceptors (Lipinski definition) is 2. The molecule has 0 amide bonds. The van der Waals surface area contributed by atoms with Crippen molar-refractivity contribution in [2.45, 2.75) is 19.3 Å². The summed E-state index contributed by atoms with van der Waals surface area (Å²) in [6.45, 7) is 2.48. The first-order chi connectivity index (χ1) is 10.1. The SMILES string of the molecule is Cc1cccnc1Cn1c(CCl)nc2cc(Cl)c(F)cc21. The summed E-state index contributed by atoms with van der Waals surface area (Å²) in [5.74, 6) is 0.433. The Morgan fingerprint density at radius 2 is 2.14 bits per heavy atom. The molecule has 0 saturated heterocycles. The van der Waals surface area contributed by atoms with E-state index in [4.69, 9.17) is 23.2 Å². The molecular weight excluding hydrogens is 312 g/mol. The zero-order chi connectivity index (χ0) is 15.0. The number of halogens is 3. The molecule has 0 saturated carbocycles. The summed E-state index contributed by atoms with van der Waals surface area (Å²) in [5, 5.41) is 0.0577. The van der Waals surface area contributed by atoms with Crippen LogP contribution in [0.5, 0.6) is 0 Å². The fourth-order valence-corrected chi connectivity index (χ4v) is 2.64. The molecule has 1 aromatic carbocycles. The average molecular weight is 324 g/mol. The highest BCUT2D eigenvalue weighted by Crippen LogP contribution is 2.25. The van der Waals surface area contributed by atoms with Crippen molar-refractivity contribution in [3.63, 3.8) is 0 Å². The Hall–Kier alpha value is -1.65. The van der Waals surface area contributed by atoms with E-state index in [1.54, 1.807) is 6.20 Å². The Morgan fingerprint density at radius 1 is 1.33 bits per heavy atom. The van der Waals surface area contributed by atoms with Crippen LogP contribution in [0.4, 0.5) is 4.39 Å². The monoisotopic (exact) mass is 323 g/mol. The third-order valence-corrected chi connectivity index (χ3v) is 3.94. The lowest BCUT2D eigenvalue weighted by Gasteiger charge is -2.09. The van der Waals surface area contributed by atoms with Gasteiger partial charge in [-0.1, -0.05) is 17.7 Å². The Bertz CT molecular complexity index is 814. The molecule has 0 spiro atoms. The van der Waals surface area contributed by atoms with E-state index >= 15 is 0 Å². The van der Waals surface area contributed by atoms with Crippen LogP contribution < -0.4 is 0 Å². The maximum Gasteiger partial charge on any atom is 0.144 e. The first-order valence-electron chi connectivity index (χ1n) is 6.40. The predicted octanol–water partition coefficient (Wildman–Crippen LogP) is 4.32. The maximum atomic E-state index is 13.7. The Morgan fingerprint density at radius 3 is 2.86 bits per heavy atom. The molecule has 21 heavy (non-hydrogen) atoms. The van der Waals surface area contributed by atoms with Gasteiger partial charge in [0.1, 0.15) is 11.6 Å². The highest BCUT2D eigenvalue weighted by atomic mass is 35.5. The number of hydrogen-bond donors (Lipinski definition) is 0. The molecule has 2 heterocycles. The van der Waals surface area contributed by atoms with E-state index in [1.165, 1.54) is 12.1 Å². The van der Waals surface area contributed by atoms with E-state index in [-0.39, 0.29) is 10.9 Å². The first-order valence-corrected chi connectivity index (χ1v) is 7.32. The smallest absolute Gasteiger partial charge is 0.144 e. The molecular formula is C15H12Cl2FN3. The van der Waals surface area contributed by atoms with Crippen molar-refractivity contribution >= 4 is 34.2 Å². The molecule has 0 aliphatic heterocycles. The Labute approximate surface area is 131 Å². The summed E-state index contributed by atoms with van der Waals surface area (Å²) in [5.41, 5.74) is 3.26. The molecule has 3 nitrogen and oxygen atoms in total. The van der Waals surface area contributed by atoms with Gasteiger partial charge in [-0.3, -0.25) is 4.98 Å². The average Bonchev–Trinajstić information content (AvgIpc) is 2.79. The fourth-order valence-electron chi connectivity index (χ4n) is 2.28. The van der Waals surface area contributed by atoms with E-state index in [9.17, 15) is 4.39 Å². The summed E-state index contributed by atoms with van der Waals surface area (Å²) in [6.07, 6.45) is 1.74. The van der Waals surface area contributed by atoms with Crippen LogP contribution in [0.3, 0.4) is 0 Å². The Kier molecular flexibility index (Phi) is 3.83. The van der Waals surface area contributed by atoms with Gasteiger partial charge in [0.15, 0.2) is 0 Å². The molecule has 0 fully saturated rings. The third-order valence-electron chi connectivity index (χ3n) is 3.41. The molecule has 0 aliphatic carbocycles. The third kappa shape index (κ3) is 2.61. The van der Waals surface area contributed by atoms with E-state index in [1.807, 2.05) is 23.6 Å². The highest BCUT2D eigenvalue weighted by Gasteiger charge is 2.14. The Balaban J connectivity index is 2.16. The number of rotatable bonds is 3. The second-order valence-corrected chi connectivity index (χ2v) is 5.44. The number of pyridine rings is 1. The largest absolute Gasteiger partial charge is 0.321 e. The van der Waals surface area contributed by atoms with Gasteiger partial charge in [0.05, 0.1) is 34.2 Å². The first kappa shape index (κ1) is 14.3. The lowest BCUT2D eigenvalue weighted by molar-refractivity contribution is 0.628. The number of fused-ring (bicyclic) bond motifs is 1. The highest BCUT2D eigenvalue weighted by molar-refractivity contribution is 6.31. The minimum atomic E-state index is -0.468. The van der Waals surface area contributed by atoms with Crippen LogP contribution >= 0.6 is 23.2 Å². The topological polar surface area (TPSA) is 30.7 Å². The normalized spacial score (nSPS) is 11.2. The van der Waals surface area contributed by atoms with E-state index < -0.39 is 5.82 Å². The number of benzene rings is 1. The van der Waals surface area contributed by atoms with E-state index in [0.717, 1.165) is 11.3 Å². The van der Waals surface area contributed by atoms with E-state index in [2.05, 4.69) is 9.97 Å². The van der Waals surface area contributed by atoms with Crippen molar-refractivity contribution in [2.24, 2.45) is 0 Å². The van der Waals surface area contributed by atoms with Crippen molar-refractivity contribution < 1.29 is 4.39 Å². The lowest BCUT2D eigenvalue weighted by atomic mass is 10.2. The molecule has 0 radical (unpaired) electrons. The number of imidazole rings is 1. The van der Waals surface area contributed by atoms with Crippen LogP contribution in [0, 0.1) is 12.7 Å². The molecule has 0 unspecified atom stereocenters. The van der Waals surface area contributed by atoms with Gasteiger partial charge >= 0.3 is 0 Å². The predicted molar refractivity (Wildman–Crippen MR) is 82.3 cm³/mol. The molecule has 0 N–H and O–H groups in total. The molecule has 2 aromatic heterocycles. The lowest BCUT2D eigenvalue weighted by Crippen LogP contribution is -2.07. The summed E-state index contributed by atoms with van der Waals surface area (Å²) in [7, 11) is 0. The van der Waals surface area contributed by atoms with Crippen LogP contribution in [0.1, 0.15) is 17.1 Å². The van der Waals surface area contributed by atoms with Crippen molar-refractivity contribution in [3.8, 4) is 0 Å². The van der Waals surface area contributed by atoms with Crippen LogP contribution in [-0.2, 0) is 12.4 Å². The maximum absolute atomic E-state index is 13.7. The molecule has 0 bridgehead atoms. The van der Waals surface area contributed by atoms with E-state index in [0.29, 0.717) is 23.4 Å². The zero-order valence-electron chi connectivity index (χ0n) is 11.3. The van der Waals surface area contributed by atoms with Crippen molar-refractivity contribution in [3.05, 3.63) is 58.4 Å².